The van der Waals surface area contributed by atoms with Gasteiger partial charge >= 0.3 is 0 Å². The van der Waals surface area contributed by atoms with Crippen molar-refractivity contribution in [2.24, 2.45) is 0 Å². The molecular formula is C23H29N3O2. The highest BCUT2D eigenvalue weighted by atomic mass is 16.5. The van der Waals surface area contributed by atoms with Crippen LogP contribution in [0.4, 0.5) is 0 Å². The molecule has 0 aliphatic rings. The molecule has 3 rings (SSSR count). The minimum Gasteiger partial charge on any atom is -0.491 e. The van der Waals surface area contributed by atoms with Gasteiger partial charge in [0.25, 0.3) is 0 Å². The Hall–Kier alpha value is -2.82. The molecule has 0 aliphatic heterocycles. The van der Waals surface area contributed by atoms with Gasteiger partial charge in [-0.1, -0.05) is 51.1 Å². The van der Waals surface area contributed by atoms with Crippen molar-refractivity contribution in [3.8, 4) is 5.75 Å². The van der Waals surface area contributed by atoms with E-state index < -0.39 is 0 Å². The summed E-state index contributed by atoms with van der Waals surface area (Å²) >= 11 is 0. The van der Waals surface area contributed by atoms with Gasteiger partial charge in [0, 0.05) is 6.42 Å². The van der Waals surface area contributed by atoms with Crippen LogP contribution >= 0.6 is 0 Å². The number of rotatable bonds is 9. The third-order valence-electron chi connectivity index (χ3n) is 4.77. The number of carbonyl (C=O) groups excluding carboxylic acids is 1. The van der Waals surface area contributed by atoms with E-state index in [1.54, 1.807) is 0 Å². The highest BCUT2D eigenvalue weighted by molar-refractivity contribution is 5.77. The Kier molecular flexibility index (Phi) is 6.69. The maximum Gasteiger partial charge on any atom is 0.220 e. The fraction of sp³-hybridized carbons (Fsp3) is 0.391. The fourth-order valence-corrected chi connectivity index (χ4v) is 3.34. The topological polar surface area (TPSA) is 56.2 Å². The van der Waals surface area contributed by atoms with Gasteiger partial charge in [-0.15, -0.1) is 0 Å². The molecule has 28 heavy (non-hydrogen) atoms. The zero-order valence-corrected chi connectivity index (χ0v) is 16.9. The Bertz CT molecular complexity index is 930. The summed E-state index contributed by atoms with van der Waals surface area (Å²) in [5.74, 6) is 2.25. The number of hydrogen-bond acceptors (Lipinski definition) is 3. The molecule has 2 aromatic carbocycles. The molecule has 0 atom stereocenters. The third kappa shape index (κ3) is 4.71. The van der Waals surface area contributed by atoms with Gasteiger partial charge in [-0.25, -0.2) is 4.98 Å². The van der Waals surface area contributed by atoms with Gasteiger partial charge < -0.3 is 14.6 Å². The predicted molar refractivity (Wildman–Crippen MR) is 113 cm³/mol. The van der Waals surface area contributed by atoms with E-state index in [1.165, 1.54) is 5.56 Å². The number of nitrogens with zero attached hydrogens (tertiary/aromatic N) is 2. The second kappa shape index (κ2) is 9.40. The molecule has 1 heterocycles. The zero-order chi connectivity index (χ0) is 19.9. The predicted octanol–water partition coefficient (Wildman–Crippen LogP) is 4.66. The van der Waals surface area contributed by atoms with Crippen molar-refractivity contribution >= 4 is 16.9 Å². The van der Waals surface area contributed by atoms with Crippen LogP contribution in [-0.4, -0.2) is 22.1 Å². The standard InChI is InChI=1S/C23H29N3O2/c1-4-9-23(27)24-16-22-25-19-11-6-7-12-20(19)26(22)14-15-28-21-13-8-5-10-18(21)17(2)3/h5-8,10-13,17H,4,9,14-16H2,1-3H3,(H,24,27). The number of hydrogen-bond donors (Lipinski definition) is 1. The highest BCUT2D eigenvalue weighted by Gasteiger charge is 2.12. The van der Waals surface area contributed by atoms with Crippen LogP contribution in [-0.2, 0) is 17.9 Å². The summed E-state index contributed by atoms with van der Waals surface area (Å²) < 4.78 is 8.24. The van der Waals surface area contributed by atoms with Gasteiger partial charge in [-0.3, -0.25) is 4.79 Å². The van der Waals surface area contributed by atoms with Crippen LogP contribution in [0.3, 0.4) is 0 Å². The first-order valence-electron chi connectivity index (χ1n) is 10.0. The average molecular weight is 380 g/mol. The van der Waals surface area contributed by atoms with Crippen molar-refractivity contribution in [3.63, 3.8) is 0 Å². The van der Waals surface area contributed by atoms with Gasteiger partial charge in [0.2, 0.25) is 5.91 Å². The molecule has 0 spiro atoms. The van der Waals surface area contributed by atoms with Crippen molar-refractivity contribution in [2.75, 3.05) is 6.61 Å². The number of imidazole rings is 1. The molecule has 5 nitrogen and oxygen atoms in total. The van der Waals surface area contributed by atoms with Gasteiger partial charge in [0.1, 0.15) is 18.2 Å². The molecule has 1 N–H and O–H groups in total. The summed E-state index contributed by atoms with van der Waals surface area (Å²) in [5, 5.41) is 2.97. The molecule has 0 saturated heterocycles. The first-order valence-corrected chi connectivity index (χ1v) is 10.0. The summed E-state index contributed by atoms with van der Waals surface area (Å²) in [4.78, 5) is 16.6. The van der Waals surface area contributed by atoms with Crippen LogP contribution < -0.4 is 10.1 Å². The smallest absolute Gasteiger partial charge is 0.220 e. The van der Waals surface area contributed by atoms with Gasteiger partial charge in [-0.2, -0.15) is 0 Å². The average Bonchev–Trinajstić information content (AvgIpc) is 3.04. The van der Waals surface area contributed by atoms with E-state index in [-0.39, 0.29) is 5.91 Å². The van der Waals surface area contributed by atoms with Gasteiger partial charge in [-0.05, 0) is 36.1 Å². The van der Waals surface area contributed by atoms with E-state index in [0.717, 1.165) is 29.0 Å². The monoisotopic (exact) mass is 379 g/mol. The van der Waals surface area contributed by atoms with E-state index in [2.05, 4.69) is 35.9 Å². The lowest BCUT2D eigenvalue weighted by atomic mass is 10.0. The Labute approximate surface area is 166 Å². The van der Waals surface area contributed by atoms with Crippen LogP contribution in [0.1, 0.15) is 50.9 Å². The Balaban J connectivity index is 1.74. The molecule has 0 radical (unpaired) electrons. The van der Waals surface area contributed by atoms with Crippen molar-refractivity contribution in [1.82, 2.24) is 14.9 Å². The largest absolute Gasteiger partial charge is 0.491 e. The van der Waals surface area contributed by atoms with E-state index >= 15 is 0 Å². The number of nitrogens with one attached hydrogen (secondary N) is 1. The maximum absolute atomic E-state index is 11.9. The fourth-order valence-electron chi connectivity index (χ4n) is 3.34. The van der Waals surface area contributed by atoms with Crippen molar-refractivity contribution < 1.29 is 9.53 Å². The van der Waals surface area contributed by atoms with Crippen molar-refractivity contribution in [1.29, 1.82) is 0 Å². The number of benzene rings is 2. The SMILES string of the molecule is CCCC(=O)NCc1nc2ccccc2n1CCOc1ccccc1C(C)C. The summed E-state index contributed by atoms with van der Waals surface area (Å²) in [7, 11) is 0. The number of ether oxygens (including phenoxy) is 1. The molecule has 0 bridgehead atoms. The van der Waals surface area contributed by atoms with E-state index in [4.69, 9.17) is 9.72 Å². The second-order valence-electron chi connectivity index (χ2n) is 7.24. The van der Waals surface area contributed by atoms with Gasteiger partial charge in [0.15, 0.2) is 0 Å². The third-order valence-corrected chi connectivity index (χ3v) is 4.77. The zero-order valence-electron chi connectivity index (χ0n) is 16.9. The summed E-state index contributed by atoms with van der Waals surface area (Å²) in [6.45, 7) is 7.98. The quantitative estimate of drug-likeness (QED) is 0.588. The number of fused-ring (bicyclic) bond motifs is 1. The molecule has 1 aromatic heterocycles. The van der Waals surface area contributed by atoms with E-state index in [9.17, 15) is 4.79 Å². The molecule has 148 valence electrons. The van der Waals surface area contributed by atoms with Crippen LogP contribution in [0.2, 0.25) is 0 Å². The Morgan fingerprint density at radius 1 is 1.14 bits per heavy atom. The normalized spacial score (nSPS) is 11.1. The lowest BCUT2D eigenvalue weighted by molar-refractivity contribution is -0.121. The molecular weight excluding hydrogens is 350 g/mol. The molecule has 0 fully saturated rings. The Morgan fingerprint density at radius 3 is 2.68 bits per heavy atom. The van der Waals surface area contributed by atoms with Crippen molar-refractivity contribution in [3.05, 3.63) is 59.9 Å². The molecule has 5 heteroatoms. The minimum atomic E-state index is 0.0585. The number of carbonyl (C=O) groups is 1. The summed E-state index contributed by atoms with van der Waals surface area (Å²) in [5.41, 5.74) is 3.21. The first kappa shape index (κ1) is 19.9. The minimum absolute atomic E-state index is 0.0585. The lowest BCUT2D eigenvalue weighted by Crippen LogP contribution is -2.24. The van der Waals surface area contributed by atoms with E-state index in [0.29, 0.717) is 32.0 Å². The molecule has 0 saturated carbocycles. The summed E-state index contributed by atoms with van der Waals surface area (Å²) in [6.07, 6.45) is 1.38. The Morgan fingerprint density at radius 2 is 1.89 bits per heavy atom. The number of para-hydroxylation sites is 3. The van der Waals surface area contributed by atoms with Crippen molar-refractivity contribution in [2.45, 2.75) is 52.6 Å². The maximum atomic E-state index is 11.9. The second-order valence-corrected chi connectivity index (χ2v) is 7.24. The van der Waals surface area contributed by atoms with Crippen LogP contribution in [0.25, 0.3) is 11.0 Å². The summed E-state index contributed by atoms with van der Waals surface area (Å²) in [6, 6.07) is 16.2. The molecule has 3 aromatic rings. The number of amides is 1. The first-order chi connectivity index (χ1) is 13.6. The highest BCUT2D eigenvalue weighted by Crippen LogP contribution is 2.26. The van der Waals surface area contributed by atoms with Crippen LogP contribution in [0.15, 0.2) is 48.5 Å². The van der Waals surface area contributed by atoms with Crippen LogP contribution in [0, 0.1) is 0 Å². The lowest BCUT2D eigenvalue weighted by Gasteiger charge is -2.15. The van der Waals surface area contributed by atoms with Gasteiger partial charge in [0.05, 0.1) is 24.1 Å². The molecule has 1 amide bonds. The van der Waals surface area contributed by atoms with Crippen LogP contribution in [0.5, 0.6) is 5.75 Å². The number of aromatic nitrogens is 2. The molecule has 0 unspecified atom stereocenters. The molecule has 0 aliphatic carbocycles. The van der Waals surface area contributed by atoms with E-state index in [1.807, 2.05) is 43.3 Å².